The Morgan fingerprint density at radius 3 is 3.11 bits per heavy atom. The zero-order valence-corrected chi connectivity index (χ0v) is 12.3. The van der Waals surface area contributed by atoms with Crippen LogP contribution in [0.2, 0.25) is 0 Å². The van der Waals surface area contributed by atoms with Gasteiger partial charge in [0.05, 0.1) is 29.8 Å². The number of thiazole rings is 1. The Kier molecular flexibility index (Phi) is 3.66. The molecule has 0 bridgehead atoms. The minimum atomic E-state index is 0.444. The molecule has 3 heterocycles. The molecule has 19 heavy (non-hydrogen) atoms. The van der Waals surface area contributed by atoms with Crippen LogP contribution in [0, 0.1) is 6.92 Å². The highest BCUT2D eigenvalue weighted by Gasteiger charge is 2.22. The molecule has 0 amide bonds. The minimum Gasteiger partial charge on any atom is -0.328 e. The summed E-state index contributed by atoms with van der Waals surface area (Å²) in [5.74, 6) is 0. The molecule has 5 heteroatoms. The molecule has 1 saturated heterocycles. The van der Waals surface area contributed by atoms with Crippen LogP contribution in [0.1, 0.15) is 48.5 Å². The molecule has 2 unspecified atom stereocenters. The summed E-state index contributed by atoms with van der Waals surface area (Å²) in [5.41, 5.74) is 4.36. The molecule has 1 aliphatic rings. The van der Waals surface area contributed by atoms with Crippen molar-refractivity contribution in [2.75, 3.05) is 0 Å². The van der Waals surface area contributed by atoms with Gasteiger partial charge in [0.15, 0.2) is 0 Å². The number of nitrogens with one attached hydrogen (secondary N) is 1. The molecule has 3 rings (SSSR count). The Hall–Kier alpha value is -1.20. The quantitative estimate of drug-likeness (QED) is 0.937. The third kappa shape index (κ3) is 2.72. The van der Waals surface area contributed by atoms with Crippen LogP contribution in [0.25, 0.3) is 0 Å². The molecule has 0 saturated carbocycles. The third-order valence-electron chi connectivity index (χ3n) is 3.88. The van der Waals surface area contributed by atoms with Gasteiger partial charge in [-0.3, -0.25) is 0 Å². The predicted molar refractivity (Wildman–Crippen MR) is 77.4 cm³/mol. The Labute approximate surface area is 117 Å². The van der Waals surface area contributed by atoms with Crippen molar-refractivity contribution in [1.82, 2.24) is 19.9 Å². The summed E-state index contributed by atoms with van der Waals surface area (Å²) in [7, 11) is 0. The topological polar surface area (TPSA) is 42.7 Å². The number of aryl methyl sites for hydroxylation is 1. The zero-order chi connectivity index (χ0) is 13.2. The van der Waals surface area contributed by atoms with Gasteiger partial charge >= 0.3 is 0 Å². The first-order chi connectivity index (χ1) is 9.24. The lowest BCUT2D eigenvalue weighted by Gasteiger charge is -2.29. The molecule has 0 radical (unpaired) electrons. The van der Waals surface area contributed by atoms with Gasteiger partial charge in [-0.2, -0.15) is 0 Å². The zero-order valence-electron chi connectivity index (χ0n) is 11.5. The first kappa shape index (κ1) is 12.8. The molecule has 1 fully saturated rings. The van der Waals surface area contributed by atoms with Gasteiger partial charge in [0.1, 0.15) is 0 Å². The maximum Gasteiger partial charge on any atom is 0.0952 e. The van der Waals surface area contributed by atoms with Crippen LogP contribution in [0.5, 0.6) is 0 Å². The average Bonchev–Trinajstić information content (AvgIpc) is 3.00. The monoisotopic (exact) mass is 276 g/mol. The lowest BCUT2D eigenvalue weighted by atomic mass is 9.97. The number of hydrogen-bond donors (Lipinski definition) is 1. The molecule has 2 aromatic heterocycles. The van der Waals surface area contributed by atoms with E-state index >= 15 is 0 Å². The van der Waals surface area contributed by atoms with Gasteiger partial charge in [0, 0.05) is 23.2 Å². The van der Waals surface area contributed by atoms with Crippen LogP contribution in [0.3, 0.4) is 0 Å². The lowest BCUT2D eigenvalue weighted by molar-refractivity contribution is 0.330. The van der Waals surface area contributed by atoms with Crippen LogP contribution >= 0.6 is 11.3 Å². The van der Waals surface area contributed by atoms with Gasteiger partial charge in [-0.1, -0.05) is 0 Å². The van der Waals surface area contributed by atoms with E-state index in [9.17, 15) is 0 Å². The van der Waals surface area contributed by atoms with E-state index in [-0.39, 0.29) is 0 Å². The van der Waals surface area contributed by atoms with E-state index in [4.69, 9.17) is 0 Å². The Balaban J connectivity index is 1.80. The van der Waals surface area contributed by atoms with E-state index in [0.717, 1.165) is 12.2 Å². The van der Waals surface area contributed by atoms with Crippen LogP contribution in [-0.2, 0) is 6.54 Å². The fourth-order valence-electron chi connectivity index (χ4n) is 2.76. The Morgan fingerprint density at radius 1 is 1.47 bits per heavy atom. The smallest absolute Gasteiger partial charge is 0.0952 e. The molecule has 2 atom stereocenters. The van der Waals surface area contributed by atoms with Crippen molar-refractivity contribution in [3.63, 3.8) is 0 Å². The van der Waals surface area contributed by atoms with Crippen LogP contribution in [0.15, 0.2) is 18.0 Å². The van der Waals surface area contributed by atoms with Gasteiger partial charge in [-0.25, -0.2) is 9.97 Å². The second-order valence-electron chi connectivity index (χ2n) is 5.36. The van der Waals surface area contributed by atoms with Crippen LogP contribution < -0.4 is 5.32 Å². The fourth-order valence-corrected chi connectivity index (χ4v) is 3.53. The summed E-state index contributed by atoms with van der Waals surface area (Å²) >= 11 is 1.72. The normalized spacial score (nSPS) is 23.7. The minimum absolute atomic E-state index is 0.444. The Morgan fingerprint density at radius 2 is 2.37 bits per heavy atom. The second kappa shape index (κ2) is 5.43. The van der Waals surface area contributed by atoms with Crippen molar-refractivity contribution < 1.29 is 0 Å². The summed E-state index contributed by atoms with van der Waals surface area (Å²) in [5, 5.41) is 3.68. The standard InChI is InChI=1S/C14H20N4S/c1-10-4-3-5-12(17-10)13-6-15-8-18(13)7-14-11(2)16-9-19-14/h6,8-10,12,17H,3-5,7H2,1-2H3. The predicted octanol–water partition coefficient (Wildman–Crippen LogP) is 2.90. The van der Waals surface area contributed by atoms with Crippen LogP contribution in [-0.4, -0.2) is 20.6 Å². The van der Waals surface area contributed by atoms with E-state index in [1.54, 1.807) is 11.3 Å². The summed E-state index contributed by atoms with van der Waals surface area (Å²) < 4.78 is 2.26. The highest BCUT2D eigenvalue weighted by molar-refractivity contribution is 7.09. The van der Waals surface area contributed by atoms with E-state index in [2.05, 4.69) is 33.7 Å². The average molecular weight is 276 g/mol. The van der Waals surface area contributed by atoms with E-state index in [1.165, 1.54) is 29.8 Å². The largest absolute Gasteiger partial charge is 0.328 e. The maximum absolute atomic E-state index is 4.34. The van der Waals surface area contributed by atoms with Crippen molar-refractivity contribution in [1.29, 1.82) is 0 Å². The number of piperidine rings is 1. The number of aromatic nitrogens is 3. The molecule has 1 N–H and O–H groups in total. The number of hydrogen-bond acceptors (Lipinski definition) is 4. The summed E-state index contributed by atoms with van der Waals surface area (Å²) in [6.45, 7) is 5.22. The van der Waals surface area contributed by atoms with E-state index in [0.29, 0.717) is 12.1 Å². The van der Waals surface area contributed by atoms with Gasteiger partial charge in [0.2, 0.25) is 0 Å². The highest BCUT2D eigenvalue weighted by atomic mass is 32.1. The highest BCUT2D eigenvalue weighted by Crippen LogP contribution is 2.26. The van der Waals surface area contributed by atoms with Crippen molar-refractivity contribution in [2.24, 2.45) is 0 Å². The number of rotatable bonds is 3. The van der Waals surface area contributed by atoms with E-state index in [1.807, 2.05) is 18.0 Å². The molecule has 1 aliphatic heterocycles. The summed E-state index contributed by atoms with van der Waals surface area (Å²) in [4.78, 5) is 9.98. The molecule has 4 nitrogen and oxygen atoms in total. The Bertz CT molecular complexity index is 545. The molecular weight excluding hydrogens is 256 g/mol. The van der Waals surface area contributed by atoms with Crippen molar-refractivity contribution in [2.45, 2.75) is 51.7 Å². The summed E-state index contributed by atoms with van der Waals surface area (Å²) in [6, 6.07) is 1.05. The van der Waals surface area contributed by atoms with Gasteiger partial charge < -0.3 is 9.88 Å². The van der Waals surface area contributed by atoms with Gasteiger partial charge in [-0.15, -0.1) is 11.3 Å². The van der Waals surface area contributed by atoms with Crippen molar-refractivity contribution >= 4 is 11.3 Å². The first-order valence-corrected chi connectivity index (χ1v) is 7.77. The van der Waals surface area contributed by atoms with Crippen molar-refractivity contribution in [3.05, 3.63) is 34.3 Å². The third-order valence-corrected chi connectivity index (χ3v) is 4.80. The fraction of sp³-hybridized carbons (Fsp3) is 0.571. The van der Waals surface area contributed by atoms with Gasteiger partial charge in [-0.05, 0) is 33.1 Å². The molecule has 0 aliphatic carbocycles. The maximum atomic E-state index is 4.34. The second-order valence-corrected chi connectivity index (χ2v) is 6.30. The first-order valence-electron chi connectivity index (χ1n) is 6.89. The molecule has 2 aromatic rings. The van der Waals surface area contributed by atoms with Crippen molar-refractivity contribution in [3.8, 4) is 0 Å². The van der Waals surface area contributed by atoms with E-state index < -0.39 is 0 Å². The SMILES string of the molecule is Cc1ncsc1Cn1cncc1C1CCCC(C)N1. The van der Waals surface area contributed by atoms with Gasteiger partial charge in [0.25, 0.3) is 0 Å². The molecule has 0 aromatic carbocycles. The molecule has 0 spiro atoms. The van der Waals surface area contributed by atoms with Crippen LogP contribution in [0.4, 0.5) is 0 Å². The lowest BCUT2D eigenvalue weighted by Crippen LogP contribution is -2.35. The molecule has 102 valence electrons. The number of imidazole rings is 1. The molecular formula is C14H20N4S. The number of nitrogens with zero attached hydrogens (tertiary/aromatic N) is 3. The summed E-state index contributed by atoms with van der Waals surface area (Å²) in [6.07, 6.45) is 7.72.